The van der Waals surface area contributed by atoms with Crippen molar-refractivity contribution in [3.05, 3.63) is 40.6 Å². The van der Waals surface area contributed by atoms with Crippen LogP contribution in [0.1, 0.15) is 22.5 Å². The fraction of sp³-hybridized carbons (Fsp3) is 0.353. The summed E-state index contributed by atoms with van der Waals surface area (Å²) in [6, 6.07) is 6.30. The van der Waals surface area contributed by atoms with Crippen LogP contribution in [0.3, 0.4) is 0 Å². The molecule has 0 aliphatic heterocycles. The van der Waals surface area contributed by atoms with E-state index in [-0.39, 0.29) is 5.56 Å². The van der Waals surface area contributed by atoms with Crippen LogP contribution in [0.2, 0.25) is 5.02 Å². The Morgan fingerprint density at radius 3 is 2.76 bits per heavy atom. The van der Waals surface area contributed by atoms with E-state index in [0.717, 1.165) is 0 Å². The van der Waals surface area contributed by atoms with Gasteiger partial charge in [0.05, 0.1) is 12.1 Å². The molecule has 0 saturated heterocycles. The molecule has 0 bridgehead atoms. The molecular formula is C17H19ClN2O4S. The highest BCUT2D eigenvalue weighted by Gasteiger charge is 2.27. The number of amides is 1. The monoisotopic (exact) mass is 382 g/mol. The first-order valence-electron chi connectivity index (χ1n) is 7.58. The van der Waals surface area contributed by atoms with Crippen molar-refractivity contribution in [2.24, 2.45) is 0 Å². The number of ether oxygens (including phenoxy) is 1. The van der Waals surface area contributed by atoms with Crippen molar-refractivity contribution < 1.29 is 18.8 Å². The number of hydrogen-bond acceptors (Lipinski definition) is 6. The van der Waals surface area contributed by atoms with Crippen LogP contribution in [0.4, 0.5) is 0 Å². The number of thioether (sulfide) groups is 1. The smallest absolute Gasteiger partial charge is 0.328 e. The summed E-state index contributed by atoms with van der Waals surface area (Å²) in [6.45, 7) is 1.64. The number of methoxy groups -OCH3 is 1. The van der Waals surface area contributed by atoms with Gasteiger partial charge in [-0.1, -0.05) is 35.0 Å². The van der Waals surface area contributed by atoms with E-state index in [1.165, 1.54) is 7.11 Å². The maximum Gasteiger partial charge on any atom is 0.328 e. The number of nitrogens with one attached hydrogen (secondary N) is 1. The average Bonchev–Trinajstić information content (AvgIpc) is 2.99. The van der Waals surface area contributed by atoms with Crippen LogP contribution in [0.5, 0.6) is 0 Å². The number of aryl methyl sites for hydroxylation is 1. The molecule has 25 heavy (non-hydrogen) atoms. The summed E-state index contributed by atoms with van der Waals surface area (Å²) in [5.41, 5.74) is 1.19. The number of rotatable bonds is 7. The summed E-state index contributed by atoms with van der Waals surface area (Å²) in [5.74, 6) is 0.113. The SMILES string of the molecule is COC(=O)[C@H](CCSC)NC(=O)c1c(-c2ccccc2Cl)noc1C. The molecule has 0 saturated carbocycles. The molecule has 6 nitrogen and oxygen atoms in total. The fourth-order valence-corrected chi connectivity index (χ4v) is 3.03. The highest BCUT2D eigenvalue weighted by molar-refractivity contribution is 7.98. The van der Waals surface area contributed by atoms with Gasteiger partial charge in [0.25, 0.3) is 5.91 Å². The Morgan fingerprint density at radius 2 is 2.12 bits per heavy atom. The lowest BCUT2D eigenvalue weighted by Gasteiger charge is -2.16. The largest absolute Gasteiger partial charge is 0.467 e. The summed E-state index contributed by atoms with van der Waals surface area (Å²) < 4.78 is 9.95. The third-order valence-electron chi connectivity index (χ3n) is 3.62. The zero-order chi connectivity index (χ0) is 18.4. The molecule has 0 aliphatic rings. The van der Waals surface area contributed by atoms with Crippen molar-refractivity contribution in [1.29, 1.82) is 0 Å². The van der Waals surface area contributed by atoms with Crippen molar-refractivity contribution in [3.63, 3.8) is 0 Å². The maximum atomic E-state index is 12.8. The lowest BCUT2D eigenvalue weighted by atomic mass is 10.0. The van der Waals surface area contributed by atoms with E-state index in [9.17, 15) is 9.59 Å². The van der Waals surface area contributed by atoms with Gasteiger partial charge in [0.2, 0.25) is 0 Å². The first-order chi connectivity index (χ1) is 12.0. The molecule has 1 heterocycles. The molecule has 1 aromatic heterocycles. The Kier molecular flexibility index (Phi) is 6.90. The van der Waals surface area contributed by atoms with Gasteiger partial charge in [0.15, 0.2) is 0 Å². The number of nitrogens with zero attached hydrogens (tertiary/aromatic N) is 1. The topological polar surface area (TPSA) is 81.4 Å². The van der Waals surface area contributed by atoms with Crippen LogP contribution in [0, 0.1) is 6.92 Å². The Bertz CT molecular complexity index is 763. The molecule has 134 valence electrons. The molecule has 0 radical (unpaired) electrons. The number of aromatic nitrogens is 1. The molecule has 0 spiro atoms. The minimum Gasteiger partial charge on any atom is -0.467 e. The lowest BCUT2D eigenvalue weighted by molar-refractivity contribution is -0.142. The number of halogens is 1. The van der Waals surface area contributed by atoms with Gasteiger partial charge in [-0.2, -0.15) is 11.8 Å². The maximum absolute atomic E-state index is 12.8. The molecular weight excluding hydrogens is 364 g/mol. The second-order valence-corrected chi connectivity index (χ2v) is 6.67. The predicted octanol–water partition coefficient (Wildman–Crippen LogP) is 3.33. The number of benzene rings is 1. The Balaban J connectivity index is 2.31. The van der Waals surface area contributed by atoms with Gasteiger partial charge in [-0.25, -0.2) is 4.79 Å². The standard InChI is InChI=1S/C17H19ClN2O4S/c1-10-14(15(20-24-10)11-6-4-5-7-12(11)18)16(21)19-13(8-9-25-3)17(22)23-2/h4-7,13H,8-9H2,1-3H3,(H,19,21)/t13-/m0/s1. The summed E-state index contributed by atoms with van der Waals surface area (Å²) >= 11 is 7.78. The Morgan fingerprint density at radius 1 is 1.40 bits per heavy atom. The van der Waals surface area contributed by atoms with Gasteiger partial charge in [-0.3, -0.25) is 4.79 Å². The number of carbonyl (C=O) groups excluding carboxylic acids is 2. The van der Waals surface area contributed by atoms with E-state index >= 15 is 0 Å². The minimum atomic E-state index is -0.738. The molecule has 0 aliphatic carbocycles. The molecule has 1 aromatic carbocycles. The molecule has 2 aromatic rings. The second-order valence-electron chi connectivity index (χ2n) is 5.27. The second kappa shape index (κ2) is 8.92. The zero-order valence-corrected chi connectivity index (χ0v) is 15.7. The van der Waals surface area contributed by atoms with Crippen molar-refractivity contribution in [2.75, 3.05) is 19.1 Å². The van der Waals surface area contributed by atoms with Crippen molar-refractivity contribution in [2.45, 2.75) is 19.4 Å². The Hall–Kier alpha value is -1.99. The summed E-state index contributed by atoms with van der Waals surface area (Å²) in [5, 5.41) is 7.12. The van der Waals surface area contributed by atoms with Crippen LogP contribution in [-0.4, -0.2) is 42.2 Å². The molecule has 2 rings (SSSR count). The predicted molar refractivity (Wildman–Crippen MR) is 98.0 cm³/mol. The first kappa shape index (κ1) is 19.3. The van der Waals surface area contributed by atoms with E-state index in [0.29, 0.717) is 34.2 Å². The molecule has 0 fully saturated rings. The van der Waals surface area contributed by atoms with Crippen LogP contribution in [-0.2, 0) is 9.53 Å². The normalized spacial score (nSPS) is 11.8. The highest BCUT2D eigenvalue weighted by atomic mass is 35.5. The number of esters is 1. The molecule has 8 heteroatoms. The summed E-state index contributed by atoms with van der Waals surface area (Å²) in [4.78, 5) is 24.7. The van der Waals surface area contributed by atoms with Gasteiger partial charge in [-0.05, 0) is 31.4 Å². The van der Waals surface area contributed by atoms with Crippen LogP contribution >= 0.6 is 23.4 Å². The minimum absolute atomic E-state index is 0.256. The van der Waals surface area contributed by atoms with E-state index in [1.54, 1.807) is 43.0 Å². The third-order valence-corrected chi connectivity index (χ3v) is 4.59. The molecule has 0 unspecified atom stereocenters. The van der Waals surface area contributed by atoms with Crippen molar-refractivity contribution in [1.82, 2.24) is 10.5 Å². The van der Waals surface area contributed by atoms with Gasteiger partial charge in [-0.15, -0.1) is 0 Å². The molecule has 1 N–H and O–H groups in total. The highest BCUT2D eigenvalue weighted by Crippen LogP contribution is 2.31. The quantitative estimate of drug-likeness (QED) is 0.740. The van der Waals surface area contributed by atoms with Crippen LogP contribution < -0.4 is 5.32 Å². The van der Waals surface area contributed by atoms with Gasteiger partial charge in [0, 0.05) is 5.56 Å². The zero-order valence-electron chi connectivity index (χ0n) is 14.2. The van der Waals surface area contributed by atoms with Gasteiger partial charge < -0.3 is 14.6 Å². The fourth-order valence-electron chi connectivity index (χ4n) is 2.33. The van der Waals surface area contributed by atoms with E-state index in [1.807, 2.05) is 6.26 Å². The lowest BCUT2D eigenvalue weighted by Crippen LogP contribution is -2.42. The molecule has 1 amide bonds. The van der Waals surface area contributed by atoms with Gasteiger partial charge in [0.1, 0.15) is 23.1 Å². The summed E-state index contributed by atoms with van der Waals surface area (Å²) in [6.07, 6.45) is 2.39. The first-order valence-corrected chi connectivity index (χ1v) is 9.35. The van der Waals surface area contributed by atoms with Gasteiger partial charge >= 0.3 is 5.97 Å². The van der Waals surface area contributed by atoms with Crippen molar-refractivity contribution >= 4 is 35.2 Å². The summed E-state index contributed by atoms with van der Waals surface area (Å²) in [7, 11) is 1.29. The van der Waals surface area contributed by atoms with E-state index in [4.69, 9.17) is 20.9 Å². The Labute approximate surface area is 155 Å². The number of carbonyl (C=O) groups is 2. The average molecular weight is 383 g/mol. The molecule has 1 atom stereocenters. The van der Waals surface area contributed by atoms with Crippen molar-refractivity contribution in [3.8, 4) is 11.3 Å². The van der Waals surface area contributed by atoms with E-state index in [2.05, 4.69) is 10.5 Å². The third kappa shape index (κ3) is 4.55. The van der Waals surface area contributed by atoms with Crippen LogP contribution in [0.25, 0.3) is 11.3 Å². The van der Waals surface area contributed by atoms with E-state index < -0.39 is 17.9 Å². The number of hydrogen-bond donors (Lipinski definition) is 1. The van der Waals surface area contributed by atoms with Crippen LogP contribution in [0.15, 0.2) is 28.8 Å².